The molecule has 0 aliphatic carbocycles. The average molecular weight is 395 g/mol. The molecular weight excluding hydrogens is 360 g/mol. The number of morpholine rings is 1. The van der Waals surface area contributed by atoms with Crippen LogP contribution < -0.4 is 0 Å². The number of carbonyl (C=O) groups excluding carboxylic acids is 1. The molecule has 1 aliphatic heterocycles. The van der Waals surface area contributed by atoms with E-state index in [1.165, 1.54) is 0 Å². The van der Waals surface area contributed by atoms with Crippen molar-refractivity contribution in [2.24, 2.45) is 0 Å². The quantitative estimate of drug-likeness (QED) is 0.609. The van der Waals surface area contributed by atoms with Crippen LogP contribution in [0, 0.1) is 0 Å². The Balaban J connectivity index is 1.91. The molecule has 158 valence electrons. The van der Waals surface area contributed by atoms with E-state index in [-0.39, 0.29) is 18.1 Å². The van der Waals surface area contributed by atoms with Gasteiger partial charge in [-0.2, -0.15) is 0 Å². The molecule has 1 N–H and O–H groups in total. The second-order valence-corrected chi connectivity index (χ2v) is 7.40. The summed E-state index contributed by atoms with van der Waals surface area (Å²) >= 11 is 0. The van der Waals surface area contributed by atoms with Crippen molar-refractivity contribution in [2.75, 3.05) is 59.7 Å². The number of aliphatic hydroxyl groups excluding tert-OH is 1. The summed E-state index contributed by atoms with van der Waals surface area (Å²) in [6.45, 7) is 8.26. The first-order chi connectivity index (χ1) is 13.5. The van der Waals surface area contributed by atoms with Gasteiger partial charge in [-0.15, -0.1) is 0 Å². The predicted molar refractivity (Wildman–Crippen MR) is 107 cm³/mol. The molecule has 28 heavy (non-hydrogen) atoms. The smallest absolute Gasteiger partial charge is 0.254 e. The molecule has 0 aromatic heterocycles. The van der Waals surface area contributed by atoms with Crippen molar-refractivity contribution < 1.29 is 24.1 Å². The second kappa shape index (κ2) is 12.1. The van der Waals surface area contributed by atoms with E-state index in [1.54, 1.807) is 12.0 Å². The molecule has 2 rings (SSSR count). The van der Waals surface area contributed by atoms with Crippen LogP contribution in [-0.2, 0) is 14.2 Å². The number of amides is 1. The largest absolute Gasteiger partial charge is 0.389 e. The lowest BCUT2D eigenvalue weighted by Crippen LogP contribution is -2.51. The lowest BCUT2D eigenvalue weighted by atomic mass is 10.1. The van der Waals surface area contributed by atoms with Crippen molar-refractivity contribution in [1.29, 1.82) is 0 Å². The molecule has 1 saturated heterocycles. The number of hydrogen-bond donors (Lipinski definition) is 1. The fourth-order valence-corrected chi connectivity index (χ4v) is 3.20. The van der Waals surface area contributed by atoms with Gasteiger partial charge in [0, 0.05) is 45.4 Å². The minimum Gasteiger partial charge on any atom is -0.389 e. The fraction of sp³-hybridized carbons (Fsp3) is 0.667. The molecular formula is C21H34N2O5. The molecule has 1 amide bonds. The van der Waals surface area contributed by atoms with Crippen molar-refractivity contribution in [3.63, 3.8) is 0 Å². The lowest BCUT2D eigenvalue weighted by molar-refractivity contribution is -0.0634. The zero-order valence-corrected chi connectivity index (χ0v) is 17.3. The van der Waals surface area contributed by atoms with Crippen molar-refractivity contribution in [3.05, 3.63) is 35.9 Å². The van der Waals surface area contributed by atoms with Gasteiger partial charge in [0.1, 0.15) is 0 Å². The number of aliphatic hydroxyl groups is 1. The Labute approximate surface area is 168 Å². The molecule has 0 spiro atoms. The number of benzene rings is 1. The van der Waals surface area contributed by atoms with Gasteiger partial charge in [-0.05, 0) is 26.0 Å². The maximum atomic E-state index is 12.9. The van der Waals surface area contributed by atoms with Gasteiger partial charge < -0.3 is 24.2 Å². The summed E-state index contributed by atoms with van der Waals surface area (Å²) in [6, 6.07) is 9.26. The first kappa shape index (κ1) is 22.8. The Morgan fingerprint density at radius 2 is 2.11 bits per heavy atom. The van der Waals surface area contributed by atoms with Crippen molar-refractivity contribution in [2.45, 2.75) is 32.2 Å². The van der Waals surface area contributed by atoms with Crippen LogP contribution in [0.15, 0.2) is 30.3 Å². The van der Waals surface area contributed by atoms with Crippen LogP contribution in [0.4, 0.5) is 0 Å². The topological polar surface area (TPSA) is 71.5 Å². The molecule has 1 aromatic rings. The fourth-order valence-electron chi connectivity index (χ4n) is 3.20. The van der Waals surface area contributed by atoms with Gasteiger partial charge in [-0.3, -0.25) is 9.69 Å². The monoisotopic (exact) mass is 394 g/mol. The van der Waals surface area contributed by atoms with E-state index in [0.29, 0.717) is 51.6 Å². The minimum atomic E-state index is -0.531. The molecule has 0 saturated carbocycles. The van der Waals surface area contributed by atoms with Gasteiger partial charge in [0.15, 0.2) is 0 Å². The molecule has 7 nitrogen and oxygen atoms in total. The highest BCUT2D eigenvalue weighted by Crippen LogP contribution is 2.11. The highest BCUT2D eigenvalue weighted by molar-refractivity contribution is 5.94. The zero-order valence-electron chi connectivity index (χ0n) is 17.3. The summed E-state index contributed by atoms with van der Waals surface area (Å²) in [5, 5.41) is 10.2. The van der Waals surface area contributed by atoms with Crippen molar-refractivity contribution in [3.8, 4) is 0 Å². The van der Waals surface area contributed by atoms with E-state index >= 15 is 0 Å². The van der Waals surface area contributed by atoms with Crippen LogP contribution >= 0.6 is 0 Å². The summed E-state index contributed by atoms with van der Waals surface area (Å²) in [4.78, 5) is 16.8. The molecule has 2 atom stereocenters. The number of carbonyl (C=O) groups is 1. The molecule has 1 aliphatic rings. The van der Waals surface area contributed by atoms with Gasteiger partial charge in [-0.25, -0.2) is 0 Å². The van der Waals surface area contributed by atoms with Crippen molar-refractivity contribution in [1.82, 2.24) is 9.80 Å². The van der Waals surface area contributed by atoms with Crippen LogP contribution in [0.5, 0.6) is 0 Å². The van der Waals surface area contributed by atoms with Crippen LogP contribution in [0.25, 0.3) is 0 Å². The summed E-state index contributed by atoms with van der Waals surface area (Å²) < 4.78 is 16.6. The van der Waals surface area contributed by atoms with E-state index < -0.39 is 6.10 Å². The van der Waals surface area contributed by atoms with Crippen molar-refractivity contribution >= 4 is 5.91 Å². The summed E-state index contributed by atoms with van der Waals surface area (Å²) in [7, 11) is 1.63. The van der Waals surface area contributed by atoms with Gasteiger partial charge in [0.05, 0.1) is 38.1 Å². The third kappa shape index (κ3) is 7.85. The summed E-state index contributed by atoms with van der Waals surface area (Å²) in [5.41, 5.74) is 0.660. The summed E-state index contributed by atoms with van der Waals surface area (Å²) in [6.07, 6.45) is -0.529. The normalized spacial score (nSPS) is 19.0. The maximum absolute atomic E-state index is 12.9. The predicted octanol–water partition coefficient (Wildman–Crippen LogP) is 1.26. The minimum absolute atomic E-state index is 0.0243. The Morgan fingerprint density at radius 3 is 2.79 bits per heavy atom. The van der Waals surface area contributed by atoms with Gasteiger partial charge in [-0.1, -0.05) is 18.2 Å². The molecule has 0 radical (unpaired) electrons. The van der Waals surface area contributed by atoms with E-state index in [1.807, 2.05) is 44.2 Å². The SMILES string of the molecule is COCCN(C[C@@H]1CN(C[C@@H](O)COC(C)C)CCO1)C(=O)c1ccccc1. The number of hydrogen-bond acceptors (Lipinski definition) is 6. The zero-order chi connectivity index (χ0) is 20.4. The number of rotatable bonds is 11. The van der Waals surface area contributed by atoms with Crippen LogP contribution in [0.2, 0.25) is 0 Å². The van der Waals surface area contributed by atoms with Crippen LogP contribution in [0.3, 0.4) is 0 Å². The Kier molecular flexibility index (Phi) is 9.87. The lowest BCUT2D eigenvalue weighted by Gasteiger charge is -2.36. The van der Waals surface area contributed by atoms with Gasteiger partial charge >= 0.3 is 0 Å². The molecule has 7 heteroatoms. The van der Waals surface area contributed by atoms with E-state index in [4.69, 9.17) is 14.2 Å². The van der Waals surface area contributed by atoms with Crippen LogP contribution in [0.1, 0.15) is 24.2 Å². The molecule has 0 bridgehead atoms. The Bertz CT molecular complexity index is 569. The molecule has 0 unspecified atom stereocenters. The number of ether oxygens (including phenoxy) is 3. The molecule has 1 aromatic carbocycles. The molecule has 1 fully saturated rings. The number of nitrogens with zero attached hydrogens (tertiary/aromatic N) is 2. The standard InChI is InChI=1S/C21H34N2O5/c1-17(2)28-16-19(24)13-22-9-12-27-20(14-22)15-23(10-11-26-3)21(25)18-7-5-4-6-8-18/h4-8,17,19-20,24H,9-16H2,1-3H3/t19-,20+/m1/s1. The average Bonchev–Trinajstić information content (AvgIpc) is 2.70. The molecule has 1 heterocycles. The van der Waals surface area contributed by atoms with Gasteiger partial charge in [0.25, 0.3) is 5.91 Å². The number of β-amino-alcohol motifs (C(OH)–C–C–N with tert-alkyl or cyclic N) is 1. The summed E-state index contributed by atoms with van der Waals surface area (Å²) in [5.74, 6) is -0.0243. The highest BCUT2D eigenvalue weighted by Gasteiger charge is 2.26. The Hall–Kier alpha value is -1.51. The Morgan fingerprint density at radius 1 is 1.36 bits per heavy atom. The second-order valence-electron chi connectivity index (χ2n) is 7.40. The third-order valence-electron chi connectivity index (χ3n) is 4.61. The first-order valence-electron chi connectivity index (χ1n) is 9.96. The number of methoxy groups -OCH3 is 1. The van der Waals surface area contributed by atoms with Crippen LogP contribution in [-0.4, -0.2) is 98.8 Å². The first-order valence-corrected chi connectivity index (χ1v) is 9.96. The van der Waals surface area contributed by atoms with E-state index in [2.05, 4.69) is 4.90 Å². The highest BCUT2D eigenvalue weighted by atomic mass is 16.5. The maximum Gasteiger partial charge on any atom is 0.254 e. The van der Waals surface area contributed by atoms with E-state index in [0.717, 1.165) is 6.54 Å². The van der Waals surface area contributed by atoms with Gasteiger partial charge in [0.2, 0.25) is 0 Å². The van der Waals surface area contributed by atoms with E-state index in [9.17, 15) is 9.90 Å². The third-order valence-corrected chi connectivity index (χ3v) is 4.61.